The first-order valence-electron chi connectivity index (χ1n) is 8.42. The minimum atomic E-state index is -0.344. The van der Waals surface area contributed by atoms with Gasteiger partial charge in [-0.3, -0.25) is 14.2 Å². The van der Waals surface area contributed by atoms with Gasteiger partial charge in [0.1, 0.15) is 11.6 Å². The molecule has 0 spiro atoms. The smallest absolute Gasteiger partial charge is 0.262 e. The molecule has 138 valence electrons. The molecule has 1 aliphatic heterocycles. The molecule has 27 heavy (non-hydrogen) atoms. The van der Waals surface area contributed by atoms with Gasteiger partial charge in [-0.05, 0) is 42.8 Å². The molecule has 0 bridgehead atoms. The number of anilines is 1. The van der Waals surface area contributed by atoms with Crippen LogP contribution < -0.4 is 15.6 Å². The number of rotatable bonds is 4. The minimum Gasteiger partial charge on any atom is -0.484 e. The number of fused-ring (bicyclic) bond motifs is 2. The predicted molar refractivity (Wildman–Crippen MR) is 108 cm³/mol. The predicted octanol–water partition coefficient (Wildman–Crippen LogP) is 3.78. The number of ether oxygens (including phenoxy) is 1. The van der Waals surface area contributed by atoms with E-state index >= 15 is 0 Å². The first-order valence-corrected chi connectivity index (χ1v) is 9.59. The topological polar surface area (TPSA) is 73.2 Å². The van der Waals surface area contributed by atoms with Crippen LogP contribution in [0.5, 0.6) is 5.75 Å². The molecule has 1 amide bonds. The Morgan fingerprint density at radius 1 is 1.30 bits per heavy atom. The van der Waals surface area contributed by atoms with Crippen molar-refractivity contribution in [2.75, 3.05) is 11.9 Å². The Morgan fingerprint density at radius 2 is 2.15 bits per heavy atom. The van der Waals surface area contributed by atoms with Crippen LogP contribution in [0.15, 0.2) is 45.7 Å². The average molecular weight is 449 g/mol. The van der Waals surface area contributed by atoms with E-state index in [4.69, 9.17) is 16.3 Å². The summed E-state index contributed by atoms with van der Waals surface area (Å²) in [5, 5.41) is 3.62. The standard InChI is InChI=1S/C19H15BrClN3O3/c20-11-3-5-16(14(21)8-11)23-18(25)10-27-12-4-6-15-13(9-12)19(26)24-7-1-2-17(24)22-15/h3-6,8-9H,1-2,7,10H2,(H,23,25). The molecule has 6 nitrogen and oxygen atoms in total. The van der Waals surface area contributed by atoms with E-state index in [1.54, 1.807) is 41.0 Å². The fourth-order valence-corrected chi connectivity index (χ4v) is 3.80. The summed E-state index contributed by atoms with van der Waals surface area (Å²) in [6.07, 6.45) is 1.75. The summed E-state index contributed by atoms with van der Waals surface area (Å²) >= 11 is 9.40. The number of nitrogens with one attached hydrogen (secondary N) is 1. The van der Waals surface area contributed by atoms with Crippen LogP contribution in [0.25, 0.3) is 10.9 Å². The fourth-order valence-electron chi connectivity index (χ4n) is 3.08. The zero-order valence-electron chi connectivity index (χ0n) is 14.2. The van der Waals surface area contributed by atoms with E-state index in [1.165, 1.54) is 0 Å². The number of aryl methyl sites for hydroxylation is 1. The van der Waals surface area contributed by atoms with Crippen LogP contribution in [0.1, 0.15) is 12.2 Å². The molecule has 0 unspecified atom stereocenters. The second-order valence-corrected chi connectivity index (χ2v) is 7.55. The molecule has 0 fully saturated rings. The highest BCUT2D eigenvalue weighted by atomic mass is 79.9. The Kier molecular flexibility index (Phi) is 4.88. The van der Waals surface area contributed by atoms with E-state index < -0.39 is 0 Å². The summed E-state index contributed by atoms with van der Waals surface area (Å²) in [6.45, 7) is 0.496. The van der Waals surface area contributed by atoms with Crippen LogP contribution in [0.3, 0.4) is 0 Å². The van der Waals surface area contributed by atoms with Gasteiger partial charge in [-0.15, -0.1) is 0 Å². The van der Waals surface area contributed by atoms with Gasteiger partial charge in [-0.2, -0.15) is 0 Å². The number of hydrogen-bond acceptors (Lipinski definition) is 4. The third-order valence-corrected chi connectivity index (χ3v) is 5.17. The lowest BCUT2D eigenvalue weighted by molar-refractivity contribution is -0.118. The number of aromatic nitrogens is 2. The Bertz CT molecular complexity index is 1110. The van der Waals surface area contributed by atoms with Crippen molar-refractivity contribution in [1.82, 2.24) is 9.55 Å². The van der Waals surface area contributed by atoms with E-state index in [9.17, 15) is 9.59 Å². The van der Waals surface area contributed by atoms with Gasteiger partial charge in [-0.1, -0.05) is 27.5 Å². The van der Waals surface area contributed by atoms with Gasteiger partial charge in [0.25, 0.3) is 11.5 Å². The number of nitrogens with zero attached hydrogens (tertiary/aromatic N) is 2. The van der Waals surface area contributed by atoms with Crippen LogP contribution in [0.4, 0.5) is 5.69 Å². The summed E-state index contributed by atoms with van der Waals surface area (Å²) in [6, 6.07) is 10.3. The van der Waals surface area contributed by atoms with Gasteiger partial charge in [0, 0.05) is 17.4 Å². The van der Waals surface area contributed by atoms with Crippen LogP contribution >= 0.6 is 27.5 Å². The van der Waals surface area contributed by atoms with Gasteiger partial charge in [0.05, 0.1) is 21.6 Å². The van der Waals surface area contributed by atoms with Crippen molar-refractivity contribution in [3.8, 4) is 5.75 Å². The molecule has 0 atom stereocenters. The molecule has 8 heteroatoms. The summed E-state index contributed by atoms with van der Waals surface area (Å²) < 4.78 is 8.07. The van der Waals surface area contributed by atoms with Gasteiger partial charge < -0.3 is 10.1 Å². The van der Waals surface area contributed by atoms with Crippen LogP contribution in [0.2, 0.25) is 5.02 Å². The second-order valence-electron chi connectivity index (χ2n) is 6.23. The van der Waals surface area contributed by atoms with E-state index in [0.717, 1.165) is 23.1 Å². The fraction of sp³-hybridized carbons (Fsp3) is 0.211. The van der Waals surface area contributed by atoms with Crippen molar-refractivity contribution in [2.45, 2.75) is 19.4 Å². The largest absolute Gasteiger partial charge is 0.484 e. The molecule has 4 rings (SSSR count). The maximum Gasteiger partial charge on any atom is 0.262 e. The van der Waals surface area contributed by atoms with E-state index in [0.29, 0.717) is 33.9 Å². The van der Waals surface area contributed by atoms with Gasteiger partial charge in [0.15, 0.2) is 6.61 Å². The Hall–Kier alpha value is -2.38. The zero-order chi connectivity index (χ0) is 19.0. The lowest BCUT2D eigenvalue weighted by atomic mass is 10.2. The normalized spacial score (nSPS) is 12.8. The van der Waals surface area contributed by atoms with Gasteiger partial charge in [-0.25, -0.2) is 4.98 Å². The molecule has 0 radical (unpaired) electrons. The highest BCUT2D eigenvalue weighted by Crippen LogP contribution is 2.25. The Balaban J connectivity index is 1.49. The molecule has 1 aromatic heterocycles. The number of carbonyl (C=O) groups excluding carboxylic acids is 1. The van der Waals surface area contributed by atoms with Gasteiger partial charge in [0.2, 0.25) is 0 Å². The number of carbonyl (C=O) groups is 1. The Morgan fingerprint density at radius 3 is 2.96 bits per heavy atom. The van der Waals surface area contributed by atoms with E-state index in [2.05, 4.69) is 26.2 Å². The highest BCUT2D eigenvalue weighted by Gasteiger charge is 2.16. The number of amides is 1. The summed E-state index contributed by atoms with van der Waals surface area (Å²) in [7, 11) is 0. The van der Waals surface area contributed by atoms with Crippen molar-refractivity contribution in [3.63, 3.8) is 0 Å². The molecule has 0 aliphatic carbocycles. The molecule has 1 N–H and O–H groups in total. The number of hydrogen-bond donors (Lipinski definition) is 1. The van der Waals surface area contributed by atoms with Crippen LogP contribution in [0, 0.1) is 0 Å². The van der Waals surface area contributed by atoms with Gasteiger partial charge >= 0.3 is 0 Å². The minimum absolute atomic E-state index is 0.0657. The molecule has 2 heterocycles. The molecular weight excluding hydrogens is 434 g/mol. The first kappa shape index (κ1) is 18.0. The monoisotopic (exact) mass is 447 g/mol. The number of benzene rings is 2. The third kappa shape index (κ3) is 3.70. The maximum absolute atomic E-state index is 12.6. The van der Waals surface area contributed by atoms with Crippen LogP contribution in [-0.4, -0.2) is 22.1 Å². The molecule has 0 saturated heterocycles. The van der Waals surface area contributed by atoms with Crippen molar-refractivity contribution < 1.29 is 9.53 Å². The quantitative estimate of drug-likeness (QED) is 0.659. The SMILES string of the molecule is O=C(COc1ccc2nc3n(c(=O)c2c1)CCC3)Nc1ccc(Br)cc1Cl. The lowest BCUT2D eigenvalue weighted by Gasteiger charge is -2.10. The molecule has 0 saturated carbocycles. The summed E-state index contributed by atoms with van der Waals surface area (Å²) in [5.74, 6) is 0.923. The summed E-state index contributed by atoms with van der Waals surface area (Å²) in [4.78, 5) is 29.2. The lowest BCUT2D eigenvalue weighted by Crippen LogP contribution is -2.22. The van der Waals surface area contributed by atoms with Crippen LogP contribution in [-0.2, 0) is 17.8 Å². The van der Waals surface area contributed by atoms with Crippen molar-refractivity contribution in [1.29, 1.82) is 0 Å². The number of halogens is 2. The highest BCUT2D eigenvalue weighted by molar-refractivity contribution is 9.10. The molecule has 3 aromatic rings. The molecular formula is C19H15BrClN3O3. The Labute approximate surface area is 168 Å². The maximum atomic E-state index is 12.6. The first-order chi connectivity index (χ1) is 13.0. The second kappa shape index (κ2) is 7.32. The van der Waals surface area contributed by atoms with E-state index in [1.807, 2.05) is 0 Å². The van der Waals surface area contributed by atoms with Crippen molar-refractivity contribution in [3.05, 3.63) is 62.1 Å². The zero-order valence-corrected chi connectivity index (χ0v) is 16.5. The molecule has 1 aliphatic rings. The van der Waals surface area contributed by atoms with Crippen molar-refractivity contribution >= 4 is 50.0 Å². The summed E-state index contributed by atoms with van der Waals surface area (Å²) in [5.41, 5.74) is 1.08. The average Bonchev–Trinajstić information content (AvgIpc) is 3.11. The van der Waals surface area contributed by atoms with Crippen molar-refractivity contribution in [2.24, 2.45) is 0 Å². The third-order valence-electron chi connectivity index (χ3n) is 4.36. The van der Waals surface area contributed by atoms with E-state index in [-0.39, 0.29) is 18.1 Å². The molecule has 2 aromatic carbocycles.